The third-order valence-corrected chi connectivity index (χ3v) is 5.42. The van der Waals surface area contributed by atoms with Gasteiger partial charge in [-0.3, -0.25) is 0 Å². The average molecular weight is 372 g/mol. The minimum atomic E-state index is -3.17. The monoisotopic (exact) mass is 371 g/mol. The standard InChI is InChI=1S/C17H29N3O2S2/c1-5-18-17(19-10-6-7-11-23-3)20-13-15-8-9-16(14(2)12-15)24(4,21)22/h8-9,12H,5-7,10-11,13H2,1-4H3,(H2,18,19,20). The Labute approximate surface area is 150 Å². The summed E-state index contributed by atoms with van der Waals surface area (Å²) < 4.78 is 23.3. The summed E-state index contributed by atoms with van der Waals surface area (Å²) in [7, 11) is -3.17. The Morgan fingerprint density at radius 3 is 2.58 bits per heavy atom. The number of benzene rings is 1. The number of rotatable bonds is 9. The lowest BCUT2D eigenvalue weighted by molar-refractivity contribution is 0.601. The number of unbranched alkanes of at least 4 members (excludes halogenated alkanes) is 1. The maximum absolute atomic E-state index is 11.7. The van der Waals surface area contributed by atoms with Gasteiger partial charge in [0.05, 0.1) is 11.4 Å². The van der Waals surface area contributed by atoms with Crippen LogP contribution in [-0.2, 0) is 16.4 Å². The first-order valence-corrected chi connectivity index (χ1v) is 11.5. The van der Waals surface area contributed by atoms with Gasteiger partial charge in [0.1, 0.15) is 0 Å². The second-order valence-electron chi connectivity index (χ2n) is 5.69. The van der Waals surface area contributed by atoms with E-state index in [4.69, 9.17) is 0 Å². The first-order chi connectivity index (χ1) is 11.4. The summed E-state index contributed by atoms with van der Waals surface area (Å²) in [6.07, 6.45) is 5.67. The number of nitrogens with zero attached hydrogens (tertiary/aromatic N) is 1. The number of sulfone groups is 1. The fourth-order valence-electron chi connectivity index (χ4n) is 2.32. The van der Waals surface area contributed by atoms with Crippen molar-refractivity contribution in [1.29, 1.82) is 0 Å². The second kappa shape index (κ2) is 10.6. The number of guanidine groups is 1. The van der Waals surface area contributed by atoms with Crippen molar-refractivity contribution in [3.05, 3.63) is 29.3 Å². The average Bonchev–Trinajstić information content (AvgIpc) is 2.51. The molecule has 136 valence electrons. The molecule has 5 nitrogen and oxygen atoms in total. The summed E-state index contributed by atoms with van der Waals surface area (Å²) >= 11 is 1.87. The highest BCUT2D eigenvalue weighted by atomic mass is 32.2. The molecule has 0 radical (unpaired) electrons. The Morgan fingerprint density at radius 1 is 1.25 bits per heavy atom. The minimum absolute atomic E-state index is 0.383. The maximum Gasteiger partial charge on any atom is 0.191 e. The van der Waals surface area contributed by atoms with Crippen molar-refractivity contribution in [2.75, 3.05) is 31.4 Å². The number of aliphatic imine (C=N–C) groups is 1. The molecular weight excluding hydrogens is 342 g/mol. The van der Waals surface area contributed by atoms with Crippen LogP contribution in [0.25, 0.3) is 0 Å². The third-order valence-electron chi connectivity index (χ3n) is 3.47. The van der Waals surface area contributed by atoms with Crippen LogP contribution in [0.1, 0.15) is 30.9 Å². The third kappa shape index (κ3) is 7.57. The molecule has 0 aliphatic heterocycles. The molecule has 0 spiro atoms. The molecule has 7 heteroatoms. The molecule has 0 aliphatic carbocycles. The molecule has 0 saturated heterocycles. The van der Waals surface area contributed by atoms with E-state index in [1.807, 2.05) is 37.7 Å². The first-order valence-electron chi connectivity index (χ1n) is 8.19. The Morgan fingerprint density at radius 2 is 2.00 bits per heavy atom. The zero-order chi connectivity index (χ0) is 18.0. The molecule has 0 saturated carbocycles. The molecule has 1 rings (SSSR count). The van der Waals surface area contributed by atoms with Crippen molar-refractivity contribution in [3.8, 4) is 0 Å². The van der Waals surface area contributed by atoms with Gasteiger partial charge >= 0.3 is 0 Å². The summed E-state index contributed by atoms with van der Waals surface area (Å²) in [6.45, 7) is 6.08. The van der Waals surface area contributed by atoms with Crippen LogP contribution in [0.3, 0.4) is 0 Å². The van der Waals surface area contributed by atoms with E-state index in [2.05, 4.69) is 21.9 Å². The van der Waals surface area contributed by atoms with Gasteiger partial charge in [0.25, 0.3) is 0 Å². The summed E-state index contributed by atoms with van der Waals surface area (Å²) in [5.41, 5.74) is 1.76. The lowest BCUT2D eigenvalue weighted by Crippen LogP contribution is -2.37. The largest absolute Gasteiger partial charge is 0.357 e. The van der Waals surface area contributed by atoms with Gasteiger partial charge in [-0.25, -0.2) is 13.4 Å². The molecular formula is C17H29N3O2S2. The van der Waals surface area contributed by atoms with Crippen molar-refractivity contribution in [2.45, 2.75) is 38.1 Å². The van der Waals surface area contributed by atoms with Crippen LogP contribution in [0.4, 0.5) is 0 Å². The topological polar surface area (TPSA) is 70.6 Å². The van der Waals surface area contributed by atoms with Gasteiger partial charge in [-0.1, -0.05) is 12.1 Å². The Kier molecular flexibility index (Phi) is 9.21. The van der Waals surface area contributed by atoms with E-state index in [0.717, 1.165) is 36.6 Å². The summed E-state index contributed by atoms with van der Waals surface area (Å²) in [6, 6.07) is 5.38. The van der Waals surface area contributed by atoms with Gasteiger partial charge in [0.2, 0.25) is 0 Å². The molecule has 2 N–H and O–H groups in total. The molecule has 0 aromatic heterocycles. The smallest absolute Gasteiger partial charge is 0.191 e. The van der Waals surface area contributed by atoms with Crippen LogP contribution < -0.4 is 10.6 Å². The quantitative estimate of drug-likeness (QED) is 0.397. The van der Waals surface area contributed by atoms with Crippen molar-refractivity contribution in [3.63, 3.8) is 0 Å². The lowest BCUT2D eigenvalue weighted by atomic mass is 10.1. The van der Waals surface area contributed by atoms with Crippen LogP contribution in [-0.4, -0.2) is 45.7 Å². The molecule has 1 aromatic carbocycles. The van der Waals surface area contributed by atoms with Gasteiger partial charge in [-0.2, -0.15) is 11.8 Å². The van der Waals surface area contributed by atoms with Crippen LogP contribution in [0.15, 0.2) is 28.1 Å². The fraction of sp³-hybridized carbons (Fsp3) is 0.588. The first kappa shape index (κ1) is 20.8. The van der Waals surface area contributed by atoms with E-state index in [1.54, 1.807) is 6.07 Å². The van der Waals surface area contributed by atoms with Gasteiger partial charge in [-0.05, 0) is 55.9 Å². The van der Waals surface area contributed by atoms with Crippen LogP contribution in [0, 0.1) is 6.92 Å². The van der Waals surface area contributed by atoms with Crippen molar-refractivity contribution >= 4 is 27.6 Å². The molecule has 0 bridgehead atoms. The van der Waals surface area contributed by atoms with Crippen LogP contribution in [0.5, 0.6) is 0 Å². The predicted molar refractivity (Wildman–Crippen MR) is 105 cm³/mol. The van der Waals surface area contributed by atoms with Crippen molar-refractivity contribution in [2.24, 2.45) is 4.99 Å². The predicted octanol–water partition coefficient (Wildman–Crippen LogP) is 2.60. The lowest BCUT2D eigenvalue weighted by Gasteiger charge is -2.11. The zero-order valence-corrected chi connectivity index (χ0v) is 16.7. The summed E-state index contributed by atoms with van der Waals surface area (Å²) in [5, 5.41) is 6.57. The highest BCUT2D eigenvalue weighted by Gasteiger charge is 2.10. The molecule has 0 aliphatic rings. The molecule has 24 heavy (non-hydrogen) atoms. The normalized spacial score (nSPS) is 12.2. The molecule has 0 unspecified atom stereocenters. The molecule has 0 fully saturated rings. The van der Waals surface area contributed by atoms with Crippen LogP contribution in [0.2, 0.25) is 0 Å². The van der Waals surface area contributed by atoms with E-state index in [-0.39, 0.29) is 0 Å². The fourth-order valence-corrected chi connectivity index (χ4v) is 3.77. The van der Waals surface area contributed by atoms with Gasteiger partial charge in [0, 0.05) is 19.3 Å². The molecule has 0 atom stereocenters. The van der Waals surface area contributed by atoms with E-state index < -0.39 is 9.84 Å². The van der Waals surface area contributed by atoms with Crippen molar-refractivity contribution in [1.82, 2.24) is 10.6 Å². The Balaban J connectivity index is 2.67. The highest BCUT2D eigenvalue weighted by Crippen LogP contribution is 2.17. The maximum atomic E-state index is 11.7. The SMILES string of the molecule is CCNC(=NCc1ccc(S(C)(=O)=O)c(C)c1)NCCCCSC. The van der Waals surface area contributed by atoms with Gasteiger partial charge in [0.15, 0.2) is 15.8 Å². The number of nitrogens with one attached hydrogen (secondary N) is 2. The van der Waals surface area contributed by atoms with Crippen LogP contribution >= 0.6 is 11.8 Å². The minimum Gasteiger partial charge on any atom is -0.357 e. The van der Waals surface area contributed by atoms with Gasteiger partial charge < -0.3 is 10.6 Å². The number of hydrogen-bond acceptors (Lipinski definition) is 4. The number of hydrogen-bond donors (Lipinski definition) is 2. The second-order valence-corrected chi connectivity index (χ2v) is 8.66. The van der Waals surface area contributed by atoms with Gasteiger partial charge in [-0.15, -0.1) is 0 Å². The number of thioether (sulfide) groups is 1. The van der Waals surface area contributed by atoms with E-state index >= 15 is 0 Å². The summed E-state index contributed by atoms with van der Waals surface area (Å²) in [5.74, 6) is 1.98. The molecule has 1 aromatic rings. The molecule has 0 amide bonds. The summed E-state index contributed by atoms with van der Waals surface area (Å²) in [4.78, 5) is 4.96. The Hall–Kier alpha value is -1.21. The number of aryl methyl sites for hydroxylation is 1. The molecule has 0 heterocycles. The van der Waals surface area contributed by atoms with Crippen molar-refractivity contribution < 1.29 is 8.42 Å². The zero-order valence-electron chi connectivity index (χ0n) is 15.1. The van der Waals surface area contributed by atoms with E-state index in [9.17, 15) is 8.42 Å². The highest BCUT2D eigenvalue weighted by molar-refractivity contribution is 7.98. The van der Waals surface area contributed by atoms with E-state index in [1.165, 1.54) is 18.4 Å². The van der Waals surface area contributed by atoms with E-state index in [0.29, 0.717) is 11.4 Å². The Bertz CT molecular complexity index is 643.